The number of aromatic amines is 1. The predicted octanol–water partition coefficient (Wildman–Crippen LogP) is 5.04. The lowest BCUT2D eigenvalue weighted by Gasteiger charge is -2.26. The first-order chi connectivity index (χ1) is 16.4. The molecule has 2 rings (SSSR count). The van der Waals surface area contributed by atoms with E-state index >= 15 is 0 Å². The number of rotatable bonds is 16. The fraction of sp³-hybridized carbons (Fsp3) is 0.630. The highest BCUT2D eigenvalue weighted by atomic mass is 16.5. The maximum absolute atomic E-state index is 12.9. The zero-order valence-electron chi connectivity index (χ0n) is 21.4. The molecule has 7 heteroatoms. The Hall–Kier alpha value is -2.54. The summed E-state index contributed by atoms with van der Waals surface area (Å²) in [6.07, 6.45) is 11.3. The molecule has 0 radical (unpaired) electrons. The van der Waals surface area contributed by atoms with Crippen LogP contribution in [0, 0.1) is 0 Å². The van der Waals surface area contributed by atoms with E-state index in [2.05, 4.69) is 17.2 Å². The molecule has 0 unspecified atom stereocenters. The van der Waals surface area contributed by atoms with Gasteiger partial charge in [-0.1, -0.05) is 64.7 Å². The SMILES string of the molecule is CCCCCCCCCCCCN(C)C(=O)[C@@H](NC(=O)c1cc2cc(OC)ccc2[nH]1)[C@@H](C)O. The molecule has 0 aliphatic heterocycles. The van der Waals surface area contributed by atoms with Gasteiger partial charge in [0, 0.05) is 24.5 Å². The van der Waals surface area contributed by atoms with Gasteiger partial charge in [0.2, 0.25) is 5.91 Å². The smallest absolute Gasteiger partial charge is 0.268 e. The average molecular weight is 474 g/mol. The number of methoxy groups -OCH3 is 1. The van der Waals surface area contributed by atoms with Crippen molar-refractivity contribution in [1.82, 2.24) is 15.2 Å². The molecule has 0 aliphatic carbocycles. The molecule has 7 nitrogen and oxygen atoms in total. The van der Waals surface area contributed by atoms with E-state index in [4.69, 9.17) is 4.74 Å². The number of aliphatic hydroxyl groups is 1. The number of benzene rings is 1. The van der Waals surface area contributed by atoms with E-state index in [-0.39, 0.29) is 5.91 Å². The van der Waals surface area contributed by atoms with Gasteiger partial charge in [-0.3, -0.25) is 9.59 Å². The van der Waals surface area contributed by atoms with Crippen LogP contribution < -0.4 is 10.1 Å². The molecular formula is C27H43N3O4. The summed E-state index contributed by atoms with van der Waals surface area (Å²) in [6.45, 7) is 4.37. The summed E-state index contributed by atoms with van der Waals surface area (Å²) in [4.78, 5) is 30.4. The third-order valence-electron chi connectivity index (χ3n) is 6.33. The molecule has 2 amide bonds. The quantitative estimate of drug-likeness (QED) is 0.298. The van der Waals surface area contributed by atoms with E-state index in [9.17, 15) is 14.7 Å². The second-order valence-electron chi connectivity index (χ2n) is 9.27. The lowest BCUT2D eigenvalue weighted by atomic mass is 10.1. The van der Waals surface area contributed by atoms with Crippen molar-refractivity contribution in [1.29, 1.82) is 0 Å². The zero-order valence-corrected chi connectivity index (χ0v) is 21.4. The third-order valence-corrected chi connectivity index (χ3v) is 6.33. The predicted molar refractivity (Wildman–Crippen MR) is 137 cm³/mol. The van der Waals surface area contributed by atoms with Crippen LogP contribution in [0.1, 0.15) is 88.5 Å². The number of carbonyl (C=O) groups is 2. The normalized spacial score (nSPS) is 13.0. The molecule has 0 aliphatic rings. The number of likely N-dealkylation sites (N-methyl/N-ethyl adjacent to an activating group) is 1. The van der Waals surface area contributed by atoms with E-state index in [1.54, 1.807) is 25.1 Å². The summed E-state index contributed by atoms with van der Waals surface area (Å²) in [6, 6.07) is 6.19. The maximum atomic E-state index is 12.9. The minimum atomic E-state index is -1.00. The second-order valence-corrected chi connectivity index (χ2v) is 9.27. The number of unbranched alkanes of at least 4 members (excludes halogenated alkanes) is 9. The van der Waals surface area contributed by atoms with Crippen molar-refractivity contribution in [3.05, 3.63) is 30.0 Å². The summed E-state index contributed by atoms with van der Waals surface area (Å²) in [5.41, 5.74) is 1.13. The second kappa shape index (κ2) is 14.7. The molecule has 0 spiro atoms. The number of hydrogen-bond donors (Lipinski definition) is 3. The molecule has 1 heterocycles. The fourth-order valence-electron chi connectivity index (χ4n) is 4.15. The Morgan fingerprint density at radius 2 is 1.65 bits per heavy atom. The molecule has 3 N–H and O–H groups in total. The molecule has 1 aromatic carbocycles. The van der Waals surface area contributed by atoms with Crippen molar-refractivity contribution in [2.45, 2.75) is 90.2 Å². The zero-order chi connectivity index (χ0) is 24.9. The fourth-order valence-corrected chi connectivity index (χ4v) is 4.15. The number of amides is 2. The van der Waals surface area contributed by atoms with Crippen molar-refractivity contribution < 1.29 is 19.4 Å². The van der Waals surface area contributed by atoms with Crippen molar-refractivity contribution in [2.75, 3.05) is 20.7 Å². The molecule has 1 aromatic heterocycles. The molecule has 2 atom stereocenters. The van der Waals surface area contributed by atoms with Gasteiger partial charge in [-0.05, 0) is 37.6 Å². The summed E-state index contributed by atoms with van der Waals surface area (Å²) in [7, 11) is 3.32. The Kier molecular flexibility index (Phi) is 11.9. The Morgan fingerprint density at radius 3 is 2.24 bits per heavy atom. The summed E-state index contributed by atoms with van der Waals surface area (Å²) < 4.78 is 5.23. The van der Waals surface area contributed by atoms with E-state index in [0.29, 0.717) is 18.0 Å². The summed E-state index contributed by atoms with van der Waals surface area (Å²) in [5, 5.41) is 13.7. The van der Waals surface area contributed by atoms with Gasteiger partial charge in [0.25, 0.3) is 5.91 Å². The van der Waals surface area contributed by atoms with Crippen LogP contribution >= 0.6 is 0 Å². The third kappa shape index (κ3) is 8.67. The lowest BCUT2D eigenvalue weighted by Crippen LogP contribution is -2.53. The highest BCUT2D eigenvalue weighted by Crippen LogP contribution is 2.21. The molecular weight excluding hydrogens is 430 g/mol. The van der Waals surface area contributed by atoms with Gasteiger partial charge in [-0.25, -0.2) is 0 Å². The monoisotopic (exact) mass is 473 g/mol. The molecule has 0 saturated heterocycles. The molecule has 2 aromatic rings. The van der Waals surface area contributed by atoms with Crippen LogP contribution in [0.25, 0.3) is 10.9 Å². The van der Waals surface area contributed by atoms with Gasteiger partial charge in [0.1, 0.15) is 17.5 Å². The number of nitrogens with zero attached hydrogens (tertiary/aromatic N) is 1. The van der Waals surface area contributed by atoms with E-state index < -0.39 is 18.1 Å². The Balaban J connectivity index is 1.79. The highest BCUT2D eigenvalue weighted by molar-refractivity contribution is 6.00. The minimum absolute atomic E-state index is 0.281. The van der Waals surface area contributed by atoms with Crippen LogP contribution in [-0.4, -0.2) is 59.7 Å². The first-order valence-corrected chi connectivity index (χ1v) is 12.8. The first kappa shape index (κ1) is 27.7. The van der Waals surface area contributed by atoms with E-state index in [1.165, 1.54) is 58.3 Å². The minimum Gasteiger partial charge on any atom is -0.497 e. The van der Waals surface area contributed by atoms with Crippen LogP contribution in [0.5, 0.6) is 5.75 Å². The molecule has 190 valence electrons. The number of H-pyrrole nitrogens is 1. The van der Waals surface area contributed by atoms with Crippen LogP contribution in [0.15, 0.2) is 24.3 Å². The molecule has 0 bridgehead atoms. The van der Waals surface area contributed by atoms with Crippen molar-refractivity contribution in [3.8, 4) is 5.75 Å². The number of hydrogen-bond acceptors (Lipinski definition) is 4. The van der Waals surface area contributed by atoms with Crippen molar-refractivity contribution in [3.63, 3.8) is 0 Å². The van der Waals surface area contributed by atoms with Gasteiger partial charge in [-0.15, -0.1) is 0 Å². The molecule has 0 fully saturated rings. The number of fused-ring (bicyclic) bond motifs is 1. The number of aliphatic hydroxyl groups excluding tert-OH is 1. The standard InChI is InChI=1S/C27H43N3O4/c1-5-6-7-8-9-10-11-12-13-14-17-30(3)27(33)25(20(2)31)29-26(32)24-19-21-18-22(34-4)15-16-23(21)28-24/h15-16,18-20,25,28,31H,5-14,17H2,1-4H3,(H,29,32)/t20-,25+/m1/s1. The Morgan fingerprint density at radius 1 is 1.03 bits per heavy atom. The highest BCUT2D eigenvalue weighted by Gasteiger charge is 2.29. The summed E-state index contributed by atoms with van der Waals surface area (Å²) in [5.74, 6) is -0.0112. The Bertz CT molecular complexity index is 893. The van der Waals surface area contributed by atoms with Gasteiger partial charge < -0.3 is 25.0 Å². The van der Waals surface area contributed by atoms with Gasteiger partial charge in [0.15, 0.2) is 0 Å². The van der Waals surface area contributed by atoms with Crippen LogP contribution in [0.2, 0.25) is 0 Å². The average Bonchev–Trinajstić information content (AvgIpc) is 3.26. The first-order valence-electron chi connectivity index (χ1n) is 12.8. The van der Waals surface area contributed by atoms with Gasteiger partial charge in [-0.2, -0.15) is 0 Å². The van der Waals surface area contributed by atoms with Gasteiger partial charge >= 0.3 is 0 Å². The van der Waals surface area contributed by atoms with Crippen LogP contribution in [0.3, 0.4) is 0 Å². The van der Waals surface area contributed by atoms with Gasteiger partial charge in [0.05, 0.1) is 13.2 Å². The topological polar surface area (TPSA) is 94.7 Å². The maximum Gasteiger partial charge on any atom is 0.268 e. The van der Waals surface area contributed by atoms with Crippen molar-refractivity contribution in [2.24, 2.45) is 0 Å². The Labute approximate surface area is 204 Å². The van der Waals surface area contributed by atoms with Crippen molar-refractivity contribution >= 4 is 22.7 Å². The lowest BCUT2D eigenvalue weighted by molar-refractivity contribution is -0.134. The number of nitrogens with one attached hydrogen (secondary N) is 2. The number of ether oxygens (including phenoxy) is 1. The van der Waals surface area contributed by atoms with E-state index in [0.717, 1.165) is 23.7 Å². The number of aromatic nitrogens is 1. The summed E-state index contributed by atoms with van der Waals surface area (Å²) >= 11 is 0. The molecule has 0 saturated carbocycles. The van der Waals surface area contributed by atoms with Crippen LogP contribution in [0.4, 0.5) is 0 Å². The van der Waals surface area contributed by atoms with Crippen LogP contribution in [-0.2, 0) is 4.79 Å². The number of carbonyl (C=O) groups excluding carboxylic acids is 2. The largest absolute Gasteiger partial charge is 0.497 e. The molecule has 34 heavy (non-hydrogen) atoms. The van der Waals surface area contributed by atoms with E-state index in [1.807, 2.05) is 18.2 Å².